The molecule has 0 heterocycles. The van der Waals surface area contributed by atoms with Crippen LogP contribution in [0.15, 0.2) is 43.5 Å². The van der Waals surface area contributed by atoms with Crippen LogP contribution in [0.1, 0.15) is 0 Å². The number of halogens is 2. The maximum absolute atomic E-state index is 12.0. The van der Waals surface area contributed by atoms with E-state index < -0.39 is 0 Å². The van der Waals surface area contributed by atoms with Crippen LogP contribution in [-0.4, -0.2) is 30.4 Å². The maximum atomic E-state index is 12.0. The molecule has 102 valence electrons. The number of rotatable bonds is 7. The Morgan fingerprint density at radius 2 is 1.84 bits per heavy atom. The highest BCUT2D eigenvalue weighted by Crippen LogP contribution is 2.24. The fraction of sp³-hybridized carbons (Fsp3) is 0.214. The van der Waals surface area contributed by atoms with E-state index >= 15 is 0 Å². The van der Waals surface area contributed by atoms with E-state index in [1.54, 1.807) is 35.3 Å². The Morgan fingerprint density at radius 1 is 1.21 bits per heavy atom. The lowest BCUT2D eigenvalue weighted by molar-refractivity contribution is -0.128. The molecule has 3 nitrogen and oxygen atoms in total. The summed E-state index contributed by atoms with van der Waals surface area (Å²) in [7, 11) is 0. The highest BCUT2D eigenvalue weighted by Gasteiger charge is 2.10. The average molecular weight is 299 g/mol. The van der Waals surface area contributed by atoms with Gasteiger partial charge in [0.2, 0.25) is 5.91 Å². The molecule has 1 N–H and O–H groups in total. The van der Waals surface area contributed by atoms with E-state index in [0.717, 1.165) is 5.69 Å². The molecule has 1 amide bonds. The molecule has 5 heteroatoms. The molecule has 0 fully saturated rings. The van der Waals surface area contributed by atoms with Gasteiger partial charge in [-0.05, 0) is 18.2 Å². The zero-order valence-electron chi connectivity index (χ0n) is 10.5. The van der Waals surface area contributed by atoms with E-state index in [1.807, 2.05) is 0 Å². The van der Waals surface area contributed by atoms with Crippen molar-refractivity contribution in [3.63, 3.8) is 0 Å². The van der Waals surface area contributed by atoms with Crippen molar-refractivity contribution in [1.82, 2.24) is 4.90 Å². The SMILES string of the molecule is C=CCN(CC=C)C(=O)CNc1ccc(Cl)c(Cl)c1. The van der Waals surface area contributed by atoms with Gasteiger partial charge in [0.05, 0.1) is 16.6 Å². The first-order valence-corrected chi connectivity index (χ1v) is 6.52. The predicted molar refractivity (Wildman–Crippen MR) is 81.9 cm³/mol. The lowest BCUT2D eigenvalue weighted by atomic mass is 10.3. The fourth-order valence-corrected chi connectivity index (χ4v) is 1.78. The first kappa shape index (κ1) is 15.6. The van der Waals surface area contributed by atoms with E-state index in [4.69, 9.17) is 23.2 Å². The van der Waals surface area contributed by atoms with Gasteiger partial charge in [-0.25, -0.2) is 0 Å². The zero-order chi connectivity index (χ0) is 14.3. The van der Waals surface area contributed by atoms with Crippen LogP contribution in [0.25, 0.3) is 0 Å². The van der Waals surface area contributed by atoms with Crippen LogP contribution in [0.3, 0.4) is 0 Å². The molecule has 0 radical (unpaired) electrons. The van der Waals surface area contributed by atoms with Crippen molar-refractivity contribution in [1.29, 1.82) is 0 Å². The Labute approximate surface area is 123 Å². The molecule has 0 saturated carbocycles. The Balaban J connectivity index is 2.58. The first-order chi connectivity index (χ1) is 9.08. The van der Waals surface area contributed by atoms with Gasteiger partial charge in [-0.15, -0.1) is 13.2 Å². The van der Waals surface area contributed by atoms with Gasteiger partial charge >= 0.3 is 0 Å². The minimum absolute atomic E-state index is 0.0362. The number of carbonyl (C=O) groups is 1. The smallest absolute Gasteiger partial charge is 0.242 e. The lowest BCUT2D eigenvalue weighted by Gasteiger charge is -2.19. The van der Waals surface area contributed by atoms with Crippen LogP contribution in [0, 0.1) is 0 Å². The minimum Gasteiger partial charge on any atom is -0.376 e. The van der Waals surface area contributed by atoms with Gasteiger partial charge in [-0.2, -0.15) is 0 Å². The van der Waals surface area contributed by atoms with Crippen LogP contribution in [0.5, 0.6) is 0 Å². The largest absolute Gasteiger partial charge is 0.376 e. The molecule has 0 saturated heterocycles. The third-order valence-corrected chi connectivity index (χ3v) is 3.15. The van der Waals surface area contributed by atoms with Crippen molar-refractivity contribution in [3.8, 4) is 0 Å². The molecule has 0 bridgehead atoms. The van der Waals surface area contributed by atoms with E-state index in [1.165, 1.54) is 0 Å². The minimum atomic E-state index is -0.0362. The third-order valence-electron chi connectivity index (χ3n) is 2.42. The number of nitrogens with one attached hydrogen (secondary N) is 1. The summed E-state index contributed by atoms with van der Waals surface area (Å²) < 4.78 is 0. The van der Waals surface area contributed by atoms with Crippen molar-refractivity contribution in [3.05, 3.63) is 53.6 Å². The van der Waals surface area contributed by atoms with E-state index in [-0.39, 0.29) is 12.5 Å². The monoisotopic (exact) mass is 298 g/mol. The molecule has 0 spiro atoms. The lowest BCUT2D eigenvalue weighted by Crippen LogP contribution is -2.35. The molecule has 0 aliphatic rings. The molecule has 19 heavy (non-hydrogen) atoms. The average Bonchev–Trinajstić information content (AvgIpc) is 2.39. The number of hydrogen-bond donors (Lipinski definition) is 1. The second-order valence-corrected chi connectivity index (χ2v) is 4.67. The molecule has 1 aromatic rings. The van der Waals surface area contributed by atoms with E-state index in [2.05, 4.69) is 18.5 Å². The molecule has 0 aliphatic carbocycles. The van der Waals surface area contributed by atoms with Crippen molar-refractivity contribution in [2.75, 3.05) is 25.0 Å². The number of anilines is 1. The summed E-state index contributed by atoms with van der Waals surface area (Å²) in [5, 5.41) is 3.94. The van der Waals surface area contributed by atoms with Crippen LogP contribution in [-0.2, 0) is 4.79 Å². The Bertz CT molecular complexity index is 465. The summed E-state index contributed by atoms with van der Waals surface area (Å²) in [6, 6.07) is 5.14. The quantitative estimate of drug-likeness (QED) is 0.780. The molecule has 0 aliphatic heterocycles. The summed E-state index contributed by atoms with van der Waals surface area (Å²) in [6.07, 6.45) is 3.36. The Hall–Kier alpha value is -1.45. The molecule has 1 aromatic carbocycles. The predicted octanol–water partition coefficient (Wildman–Crippen LogP) is 3.61. The second kappa shape index (κ2) is 7.87. The molecule has 0 aromatic heterocycles. The summed E-state index contributed by atoms with van der Waals surface area (Å²) in [5.41, 5.74) is 0.750. The van der Waals surface area contributed by atoms with Crippen molar-refractivity contribution >= 4 is 34.8 Å². The first-order valence-electron chi connectivity index (χ1n) is 5.77. The standard InChI is InChI=1S/C14H16Cl2N2O/c1-3-7-18(8-4-2)14(19)10-17-11-5-6-12(15)13(16)9-11/h3-6,9,17H,1-2,7-8,10H2. The summed E-state index contributed by atoms with van der Waals surface area (Å²) in [5.74, 6) is -0.0362. The molecular weight excluding hydrogens is 283 g/mol. The maximum Gasteiger partial charge on any atom is 0.242 e. The van der Waals surface area contributed by atoms with Gasteiger partial charge in [-0.1, -0.05) is 35.4 Å². The Morgan fingerprint density at radius 3 is 2.37 bits per heavy atom. The Kier molecular flexibility index (Phi) is 6.46. The van der Waals surface area contributed by atoms with Gasteiger partial charge in [0.15, 0.2) is 0 Å². The summed E-state index contributed by atoms with van der Waals surface area (Å²) >= 11 is 11.7. The highest BCUT2D eigenvalue weighted by atomic mass is 35.5. The molecule has 0 atom stereocenters. The van der Waals surface area contributed by atoms with Crippen molar-refractivity contribution < 1.29 is 4.79 Å². The van der Waals surface area contributed by atoms with Gasteiger partial charge in [-0.3, -0.25) is 4.79 Å². The third kappa shape index (κ3) is 4.97. The van der Waals surface area contributed by atoms with Gasteiger partial charge in [0.25, 0.3) is 0 Å². The van der Waals surface area contributed by atoms with Crippen LogP contribution >= 0.6 is 23.2 Å². The topological polar surface area (TPSA) is 32.3 Å². The number of hydrogen-bond acceptors (Lipinski definition) is 2. The normalized spacial score (nSPS) is 9.79. The number of nitrogens with zero attached hydrogens (tertiary/aromatic N) is 1. The number of amides is 1. The number of benzene rings is 1. The fourth-order valence-electron chi connectivity index (χ4n) is 1.49. The summed E-state index contributed by atoms with van der Waals surface area (Å²) in [4.78, 5) is 13.6. The molecular formula is C14H16Cl2N2O. The van der Waals surface area contributed by atoms with Crippen LogP contribution < -0.4 is 5.32 Å². The van der Waals surface area contributed by atoms with E-state index in [0.29, 0.717) is 23.1 Å². The van der Waals surface area contributed by atoms with Crippen LogP contribution in [0.4, 0.5) is 5.69 Å². The molecule has 0 unspecified atom stereocenters. The van der Waals surface area contributed by atoms with Crippen molar-refractivity contribution in [2.24, 2.45) is 0 Å². The number of carbonyl (C=O) groups excluding carboxylic acids is 1. The van der Waals surface area contributed by atoms with Gasteiger partial charge in [0, 0.05) is 18.8 Å². The van der Waals surface area contributed by atoms with Crippen LogP contribution in [0.2, 0.25) is 10.0 Å². The highest BCUT2D eigenvalue weighted by molar-refractivity contribution is 6.42. The molecule has 1 rings (SSSR count). The second-order valence-electron chi connectivity index (χ2n) is 3.86. The van der Waals surface area contributed by atoms with Gasteiger partial charge < -0.3 is 10.2 Å². The van der Waals surface area contributed by atoms with Crippen molar-refractivity contribution in [2.45, 2.75) is 0 Å². The zero-order valence-corrected chi connectivity index (χ0v) is 12.0. The van der Waals surface area contributed by atoms with Gasteiger partial charge in [0.1, 0.15) is 0 Å². The summed E-state index contributed by atoms with van der Waals surface area (Å²) in [6.45, 7) is 8.42. The van der Waals surface area contributed by atoms with E-state index in [9.17, 15) is 4.79 Å².